The van der Waals surface area contributed by atoms with Crippen LogP contribution in [0.25, 0.3) is 0 Å². The third-order valence-electron chi connectivity index (χ3n) is 6.61. The quantitative estimate of drug-likeness (QED) is 0.686. The van der Waals surface area contributed by atoms with Gasteiger partial charge in [0.25, 0.3) is 0 Å². The fourth-order valence-electron chi connectivity index (χ4n) is 5.91. The van der Waals surface area contributed by atoms with Gasteiger partial charge < -0.3 is 15.3 Å². The topological polar surface area (TPSA) is 77.8 Å². The predicted molar refractivity (Wildman–Crippen MR) is 74.0 cm³/mol. The van der Waals surface area contributed by atoms with E-state index in [9.17, 15) is 20.1 Å². The number of hydrogen-bond acceptors (Lipinski definition) is 3. The lowest BCUT2D eigenvalue weighted by atomic mass is 9.56. The van der Waals surface area contributed by atoms with E-state index in [0.29, 0.717) is 17.4 Å². The van der Waals surface area contributed by atoms with Gasteiger partial charge in [0.05, 0.1) is 6.61 Å². The summed E-state index contributed by atoms with van der Waals surface area (Å²) in [6.45, 7) is 1.82. The van der Waals surface area contributed by atoms with Gasteiger partial charge in [-0.25, -0.2) is 4.79 Å². The van der Waals surface area contributed by atoms with Crippen LogP contribution in [0.3, 0.4) is 0 Å². The Morgan fingerprint density at radius 1 is 1.30 bits per heavy atom. The molecule has 0 aromatic heterocycles. The smallest absolute Gasteiger partial charge is 0.330 e. The fraction of sp³-hybridized carbons (Fsp3) is 0.812. The molecule has 3 N–H and O–H groups in total. The van der Waals surface area contributed by atoms with Crippen molar-refractivity contribution in [2.75, 3.05) is 13.2 Å². The largest absolute Gasteiger partial charge is 0.478 e. The summed E-state index contributed by atoms with van der Waals surface area (Å²) < 4.78 is 0. The molecule has 2 bridgehead atoms. The monoisotopic (exact) mass is 280 g/mol. The first-order valence-electron chi connectivity index (χ1n) is 7.65. The van der Waals surface area contributed by atoms with E-state index in [-0.39, 0.29) is 30.0 Å². The molecule has 3 saturated carbocycles. The van der Waals surface area contributed by atoms with E-state index in [0.717, 1.165) is 32.1 Å². The first kappa shape index (κ1) is 14.1. The molecule has 5 unspecified atom stereocenters. The summed E-state index contributed by atoms with van der Waals surface area (Å²) in [6.07, 6.45) is 7.01. The van der Waals surface area contributed by atoms with Crippen molar-refractivity contribution < 1.29 is 20.1 Å². The van der Waals surface area contributed by atoms with Crippen molar-refractivity contribution in [1.29, 1.82) is 0 Å². The van der Waals surface area contributed by atoms with Crippen LogP contribution < -0.4 is 0 Å². The van der Waals surface area contributed by atoms with Crippen LogP contribution in [0.2, 0.25) is 0 Å². The molecule has 3 aliphatic rings. The zero-order valence-corrected chi connectivity index (χ0v) is 12.0. The Bertz CT molecular complexity index is 457. The molecule has 0 aliphatic heterocycles. The lowest BCUT2D eigenvalue weighted by molar-refractivity contribution is -0.132. The molecule has 0 amide bonds. The molecule has 0 heterocycles. The Kier molecular flexibility index (Phi) is 3.22. The molecular weight excluding hydrogens is 256 g/mol. The number of rotatable bonds is 4. The summed E-state index contributed by atoms with van der Waals surface area (Å²) in [6, 6.07) is 0. The Hall–Kier alpha value is -0.870. The second-order valence-electron chi connectivity index (χ2n) is 7.05. The summed E-state index contributed by atoms with van der Waals surface area (Å²) >= 11 is 0. The molecule has 4 heteroatoms. The van der Waals surface area contributed by atoms with E-state index in [1.54, 1.807) is 6.92 Å². The first-order valence-corrected chi connectivity index (χ1v) is 7.65. The Morgan fingerprint density at radius 2 is 2.05 bits per heavy atom. The van der Waals surface area contributed by atoms with Gasteiger partial charge in [-0.15, -0.1) is 0 Å². The summed E-state index contributed by atoms with van der Waals surface area (Å²) in [4.78, 5) is 11.2. The van der Waals surface area contributed by atoms with Gasteiger partial charge in [-0.1, -0.05) is 6.08 Å². The minimum absolute atomic E-state index is 0.0722. The average Bonchev–Trinajstić information content (AvgIpc) is 3.05. The summed E-state index contributed by atoms with van der Waals surface area (Å²) in [7, 11) is 0. The van der Waals surface area contributed by atoms with Gasteiger partial charge in [-0.3, -0.25) is 0 Å². The number of carboxylic acid groups (broad SMARTS) is 1. The zero-order valence-electron chi connectivity index (χ0n) is 12.0. The number of aliphatic hydroxyl groups excluding tert-OH is 2. The number of allylic oxidation sites excluding steroid dienone is 1. The SMILES string of the molecule is CC(=CC12CCC(C1)C1CCC(CO)C12CO)C(=O)O. The van der Waals surface area contributed by atoms with Crippen molar-refractivity contribution in [1.82, 2.24) is 0 Å². The van der Waals surface area contributed by atoms with Crippen molar-refractivity contribution in [2.45, 2.75) is 39.0 Å². The number of hydrogen-bond donors (Lipinski definition) is 3. The highest BCUT2D eigenvalue weighted by atomic mass is 16.4. The molecule has 20 heavy (non-hydrogen) atoms. The van der Waals surface area contributed by atoms with Gasteiger partial charge in [0.15, 0.2) is 0 Å². The molecule has 0 radical (unpaired) electrons. The molecule has 0 spiro atoms. The maximum Gasteiger partial charge on any atom is 0.330 e. The van der Waals surface area contributed by atoms with Crippen molar-refractivity contribution in [3.8, 4) is 0 Å². The highest BCUT2D eigenvalue weighted by Gasteiger charge is 2.70. The van der Waals surface area contributed by atoms with Crippen molar-refractivity contribution >= 4 is 5.97 Å². The van der Waals surface area contributed by atoms with Gasteiger partial charge in [0, 0.05) is 17.6 Å². The van der Waals surface area contributed by atoms with Crippen molar-refractivity contribution in [2.24, 2.45) is 28.6 Å². The van der Waals surface area contributed by atoms with E-state index < -0.39 is 5.97 Å². The van der Waals surface area contributed by atoms with Crippen LogP contribution >= 0.6 is 0 Å². The third kappa shape index (κ3) is 1.52. The van der Waals surface area contributed by atoms with Gasteiger partial charge in [0.2, 0.25) is 0 Å². The highest BCUT2D eigenvalue weighted by molar-refractivity contribution is 5.86. The van der Waals surface area contributed by atoms with E-state index in [1.165, 1.54) is 0 Å². The number of carboxylic acids is 1. The predicted octanol–water partition coefficient (Wildman–Crippen LogP) is 1.81. The minimum Gasteiger partial charge on any atom is -0.478 e. The molecular formula is C16H24O4. The highest BCUT2D eigenvalue weighted by Crippen LogP contribution is 2.74. The Morgan fingerprint density at radius 3 is 2.65 bits per heavy atom. The van der Waals surface area contributed by atoms with Crippen LogP contribution in [-0.4, -0.2) is 34.5 Å². The fourth-order valence-corrected chi connectivity index (χ4v) is 5.91. The van der Waals surface area contributed by atoms with Crippen LogP contribution in [0, 0.1) is 28.6 Å². The third-order valence-corrected chi connectivity index (χ3v) is 6.61. The maximum absolute atomic E-state index is 11.2. The molecule has 5 atom stereocenters. The second-order valence-corrected chi connectivity index (χ2v) is 7.05. The van der Waals surface area contributed by atoms with Crippen molar-refractivity contribution in [3.63, 3.8) is 0 Å². The van der Waals surface area contributed by atoms with Crippen LogP contribution in [0.1, 0.15) is 39.0 Å². The van der Waals surface area contributed by atoms with Crippen LogP contribution in [-0.2, 0) is 4.79 Å². The molecule has 3 fully saturated rings. The van der Waals surface area contributed by atoms with E-state index in [2.05, 4.69) is 0 Å². The van der Waals surface area contributed by atoms with E-state index in [1.807, 2.05) is 6.08 Å². The Labute approximate surface area is 119 Å². The Balaban J connectivity index is 2.09. The minimum atomic E-state index is -0.877. The van der Waals surface area contributed by atoms with Crippen LogP contribution in [0.5, 0.6) is 0 Å². The van der Waals surface area contributed by atoms with E-state index in [4.69, 9.17) is 0 Å². The maximum atomic E-state index is 11.2. The summed E-state index contributed by atoms with van der Waals surface area (Å²) in [5, 5.41) is 29.1. The van der Waals surface area contributed by atoms with Gasteiger partial charge in [-0.2, -0.15) is 0 Å². The van der Waals surface area contributed by atoms with Crippen LogP contribution in [0.4, 0.5) is 0 Å². The van der Waals surface area contributed by atoms with Crippen molar-refractivity contribution in [3.05, 3.63) is 11.6 Å². The number of aliphatic carboxylic acids is 1. The molecule has 3 rings (SSSR count). The summed E-state index contributed by atoms with van der Waals surface area (Å²) in [5.74, 6) is 0.284. The standard InChI is InChI=1S/C16H24O4/c1-10(14(19)20)6-15-5-4-11(7-15)13-3-2-12(8-17)16(13,15)9-18/h6,11-13,17-18H,2-5,7-9H2,1H3,(H,19,20). The van der Waals surface area contributed by atoms with E-state index >= 15 is 0 Å². The number of aliphatic hydroxyl groups is 2. The second kappa shape index (κ2) is 4.57. The molecule has 112 valence electrons. The average molecular weight is 280 g/mol. The van der Waals surface area contributed by atoms with Crippen LogP contribution in [0.15, 0.2) is 11.6 Å². The normalized spacial score (nSPS) is 46.8. The number of carbonyl (C=O) groups is 1. The lowest BCUT2D eigenvalue weighted by Crippen LogP contribution is -2.48. The lowest BCUT2D eigenvalue weighted by Gasteiger charge is -2.49. The summed E-state index contributed by atoms with van der Waals surface area (Å²) in [5.41, 5.74) is -0.132. The van der Waals surface area contributed by atoms with Gasteiger partial charge in [0.1, 0.15) is 0 Å². The zero-order chi connectivity index (χ0) is 14.5. The molecule has 0 aromatic rings. The van der Waals surface area contributed by atoms with Gasteiger partial charge >= 0.3 is 5.97 Å². The molecule has 3 aliphatic carbocycles. The molecule has 0 saturated heterocycles. The molecule has 4 nitrogen and oxygen atoms in total. The number of fused-ring (bicyclic) bond motifs is 5. The molecule has 0 aromatic carbocycles. The first-order chi connectivity index (χ1) is 9.50. The van der Waals surface area contributed by atoms with Gasteiger partial charge in [-0.05, 0) is 62.2 Å².